The minimum absolute atomic E-state index is 0.707. The lowest BCUT2D eigenvalue weighted by Crippen LogP contribution is -2.35. The van der Waals surface area contributed by atoms with Crippen molar-refractivity contribution in [3.05, 3.63) is 29.3 Å². The lowest BCUT2D eigenvalue weighted by atomic mass is 9.98. The van der Waals surface area contributed by atoms with E-state index in [0.717, 1.165) is 19.0 Å². The number of nitrogens with zero attached hydrogens (tertiary/aromatic N) is 1. The van der Waals surface area contributed by atoms with Gasteiger partial charge in [-0.15, -0.1) is 0 Å². The number of piperidine rings is 1. The zero-order chi connectivity index (χ0) is 14.5. The lowest BCUT2D eigenvalue weighted by molar-refractivity contribution is 0.445. The van der Waals surface area contributed by atoms with Crippen LogP contribution in [0.15, 0.2) is 18.2 Å². The molecule has 0 radical (unpaired) electrons. The predicted octanol–water partition coefficient (Wildman–Crippen LogP) is 3.98. The van der Waals surface area contributed by atoms with E-state index in [2.05, 4.69) is 56.1 Å². The van der Waals surface area contributed by atoms with Gasteiger partial charge < -0.3 is 10.2 Å². The van der Waals surface area contributed by atoms with Crippen molar-refractivity contribution >= 4 is 5.69 Å². The van der Waals surface area contributed by atoms with Gasteiger partial charge in [0, 0.05) is 25.3 Å². The van der Waals surface area contributed by atoms with E-state index >= 15 is 0 Å². The van der Waals surface area contributed by atoms with Crippen LogP contribution in [-0.2, 0) is 6.54 Å². The second-order valence-corrected chi connectivity index (χ2v) is 6.85. The molecule has 2 nitrogen and oxygen atoms in total. The molecular weight excluding hydrogens is 244 g/mol. The molecule has 0 amide bonds. The Labute approximate surface area is 124 Å². The first-order chi connectivity index (χ1) is 9.56. The quantitative estimate of drug-likeness (QED) is 0.874. The molecule has 20 heavy (non-hydrogen) atoms. The molecule has 0 saturated carbocycles. The highest BCUT2D eigenvalue weighted by molar-refractivity contribution is 5.55. The summed E-state index contributed by atoms with van der Waals surface area (Å²) < 4.78 is 0. The molecule has 1 aliphatic heterocycles. The molecule has 1 heterocycles. The van der Waals surface area contributed by atoms with Crippen molar-refractivity contribution in [2.24, 2.45) is 11.8 Å². The second-order valence-electron chi connectivity index (χ2n) is 6.85. The Kier molecular flexibility index (Phi) is 5.47. The third-order valence-corrected chi connectivity index (χ3v) is 4.10. The Morgan fingerprint density at radius 3 is 2.85 bits per heavy atom. The summed E-state index contributed by atoms with van der Waals surface area (Å²) in [7, 11) is 0. The lowest BCUT2D eigenvalue weighted by Gasteiger charge is -2.34. The standard InChI is InChI=1S/C18H30N2/c1-14(2)11-19-12-17-10-15(3)7-8-18(17)20-9-5-6-16(4)13-20/h7-8,10,14,16,19H,5-6,9,11-13H2,1-4H3. The Morgan fingerprint density at radius 1 is 1.35 bits per heavy atom. The number of rotatable bonds is 5. The first kappa shape index (κ1) is 15.4. The van der Waals surface area contributed by atoms with E-state index in [1.165, 1.54) is 42.7 Å². The van der Waals surface area contributed by atoms with Crippen molar-refractivity contribution in [1.82, 2.24) is 5.32 Å². The van der Waals surface area contributed by atoms with Crippen molar-refractivity contribution in [3.8, 4) is 0 Å². The van der Waals surface area contributed by atoms with Crippen LogP contribution in [0.3, 0.4) is 0 Å². The highest BCUT2D eigenvalue weighted by Gasteiger charge is 2.18. The van der Waals surface area contributed by atoms with Crippen LogP contribution in [0.2, 0.25) is 0 Å². The van der Waals surface area contributed by atoms with Crippen LogP contribution >= 0.6 is 0 Å². The van der Waals surface area contributed by atoms with Crippen LogP contribution in [0.25, 0.3) is 0 Å². The van der Waals surface area contributed by atoms with Gasteiger partial charge in [0.25, 0.3) is 0 Å². The molecule has 0 spiro atoms. The SMILES string of the molecule is Cc1ccc(N2CCCC(C)C2)c(CNCC(C)C)c1. The van der Waals surface area contributed by atoms with Crippen molar-refractivity contribution < 1.29 is 0 Å². The molecule has 1 unspecified atom stereocenters. The molecular formula is C18H30N2. The maximum atomic E-state index is 3.59. The van der Waals surface area contributed by atoms with E-state index in [4.69, 9.17) is 0 Å². The van der Waals surface area contributed by atoms with Crippen molar-refractivity contribution in [2.45, 2.75) is 47.1 Å². The summed E-state index contributed by atoms with van der Waals surface area (Å²) in [6, 6.07) is 6.92. The number of anilines is 1. The molecule has 1 fully saturated rings. The molecule has 2 rings (SSSR count). The Morgan fingerprint density at radius 2 is 2.15 bits per heavy atom. The van der Waals surface area contributed by atoms with Crippen LogP contribution in [0.4, 0.5) is 5.69 Å². The van der Waals surface area contributed by atoms with Gasteiger partial charge in [0.15, 0.2) is 0 Å². The van der Waals surface area contributed by atoms with Gasteiger partial charge in [0.05, 0.1) is 0 Å². The van der Waals surface area contributed by atoms with Gasteiger partial charge in [-0.2, -0.15) is 0 Å². The molecule has 1 atom stereocenters. The van der Waals surface area contributed by atoms with E-state index < -0.39 is 0 Å². The van der Waals surface area contributed by atoms with E-state index in [1.807, 2.05) is 0 Å². The first-order valence-electron chi connectivity index (χ1n) is 8.11. The Hall–Kier alpha value is -1.02. The summed E-state index contributed by atoms with van der Waals surface area (Å²) in [6.45, 7) is 13.6. The Balaban J connectivity index is 2.10. The summed E-state index contributed by atoms with van der Waals surface area (Å²) in [6.07, 6.45) is 2.71. The average molecular weight is 274 g/mol. The minimum Gasteiger partial charge on any atom is -0.371 e. The molecule has 112 valence electrons. The fraction of sp³-hybridized carbons (Fsp3) is 0.667. The van der Waals surface area contributed by atoms with Gasteiger partial charge >= 0.3 is 0 Å². The van der Waals surface area contributed by atoms with Crippen molar-refractivity contribution in [1.29, 1.82) is 0 Å². The van der Waals surface area contributed by atoms with E-state index in [0.29, 0.717) is 5.92 Å². The molecule has 1 aromatic rings. The fourth-order valence-electron chi connectivity index (χ4n) is 3.07. The van der Waals surface area contributed by atoms with E-state index in [9.17, 15) is 0 Å². The molecule has 0 aliphatic carbocycles. The predicted molar refractivity (Wildman–Crippen MR) is 88.3 cm³/mol. The molecule has 0 aromatic heterocycles. The number of benzene rings is 1. The van der Waals surface area contributed by atoms with E-state index in [-0.39, 0.29) is 0 Å². The number of nitrogens with one attached hydrogen (secondary N) is 1. The summed E-state index contributed by atoms with van der Waals surface area (Å²) in [4.78, 5) is 2.58. The van der Waals surface area contributed by atoms with Gasteiger partial charge in [0.1, 0.15) is 0 Å². The first-order valence-corrected chi connectivity index (χ1v) is 8.11. The highest BCUT2D eigenvalue weighted by atomic mass is 15.1. The third kappa shape index (κ3) is 4.24. The molecule has 1 aromatic carbocycles. The molecule has 1 N–H and O–H groups in total. The zero-order valence-corrected chi connectivity index (χ0v) is 13.6. The van der Waals surface area contributed by atoms with Crippen molar-refractivity contribution in [3.63, 3.8) is 0 Å². The molecule has 2 heteroatoms. The molecule has 1 saturated heterocycles. The van der Waals surface area contributed by atoms with E-state index in [1.54, 1.807) is 0 Å². The highest BCUT2D eigenvalue weighted by Crippen LogP contribution is 2.27. The van der Waals surface area contributed by atoms with Crippen LogP contribution in [0.5, 0.6) is 0 Å². The zero-order valence-electron chi connectivity index (χ0n) is 13.6. The Bertz CT molecular complexity index is 425. The van der Waals surface area contributed by atoms with Gasteiger partial charge in [-0.25, -0.2) is 0 Å². The third-order valence-electron chi connectivity index (χ3n) is 4.10. The normalized spacial score (nSPS) is 19.6. The maximum absolute atomic E-state index is 3.59. The van der Waals surface area contributed by atoms with Crippen molar-refractivity contribution in [2.75, 3.05) is 24.5 Å². The van der Waals surface area contributed by atoms with Crippen LogP contribution in [-0.4, -0.2) is 19.6 Å². The number of hydrogen-bond acceptors (Lipinski definition) is 2. The van der Waals surface area contributed by atoms with Gasteiger partial charge in [-0.05, 0) is 49.8 Å². The summed E-state index contributed by atoms with van der Waals surface area (Å²) >= 11 is 0. The van der Waals surface area contributed by atoms with Crippen LogP contribution in [0.1, 0.15) is 44.7 Å². The smallest absolute Gasteiger partial charge is 0.0412 e. The topological polar surface area (TPSA) is 15.3 Å². The average Bonchev–Trinajstić information content (AvgIpc) is 2.38. The number of hydrogen-bond donors (Lipinski definition) is 1. The second kappa shape index (κ2) is 7.12. The fourth-order valence-corrected chi connectivity index (χ4v) is 3.07. The van der Waals surface area contributed by atoms with Gasteiger partial charge in [0.2, 0.25) is 0 Å². The molecule has 0 bridgehead atoms. The van der Waals surface area contributed by atoms with Crippen LogP contribution < -0.4 is 10.2 Å². The monoisotopic (exact) mass is 274 g/mol. The maximum Gasteiger partial charge on any atom is 0.0412 e. The van der Waals surface area contributed by atoms with Gasteiger partial charge in [-0.3, -0.25) is 0 Å². The van der Waals surface area contributed by atoms with Gasteiger partial charge in [-0.1, -0.05) is 38.5 Å². The largest absolute Gasteiger partial charge is 0.371 e. The van der Waals surface area contributed by atoms with Crippen LogP contribution in [0, 0.1) is 18.8 Å². The summed E-state index contributed by atoms with van der Waals surface area (Å²) in [5.74, 6) is 1.53. The minimum atomic E-state index is 0.707. The number of aryl methyl sites for hydroxylation is 1. The summed E-state index contributed by atoms with van der Waals surface area (Å²) in [5, 5.41) is 3.59. The molecule has 1 aliphatic rings. The summed E-state index contributed by atoms with van der Waals surface area (Å²) in [5.41, 5.74) is 4.26.